The van der Waals surface area contributed by atoms with E-state index in [1.165, 1.54) is 114 Å². The fourth-order valence-corrected chi connectivity index (χ4v) is 4.95. The van der Waals surface area contributed by atoms with Gasteiger partial charge >= 0.3 is 0 Å². The minimum atomic E-state index is 0.00990. The predicted molar refractivity (Wildman–Crippen MR) is 161 cm³/mol. The summed E-state index contributed by atoms with van der Waals surface area (Å²) in [5, 5.41) is 0. The van der Waals surface area contributed by atoms with Gasteiger partial charge in [-0.25, -0.2) is 0 Å². The van der Waals surface area contributed by atoms with Gasteiger partial charge in [0.25, 0.3) is 0 Å². The third kappa shape index (κ3) is 21.0. The molecule has 3 heteroatoms. The molecular formula is C34H59NO2. The van der Waals surface area contributed by atoms with E-state index in [9.17, 15) is 9.59 Å². The van der Waals surface area contributed by atoms with Crippen molar-refractivity contribution in [3.05, 3.63) is 36.5 Å². The number of nitrogens with zero attached hydrogens (tertiary/aromatic N) is 1. The standard InChI is InChI=1S/C34H59NO2/c1-2-3-4-5-6-7-8-9-10-11-12-13-14-15-16-17-18-19-20-21-22-23-24-25-26-27-28-30-33(36)35-32-29-31-34(35)37/h7-8,21-22,25-26H,2-6,9-20,23-24,27-32H2,1H3. The molecule has 0 radical (unpaired) electrons. The molecule has 1 aliphatic rings. The van der Waals surface area contributed by atoms with Crippen LogP contribution >= 0.6 is 0 Å². The normalized spacial score (nSPS) is 14.3. The van der Waals surface area contributed by atoms with E-state index in [0.29, 0.717) is 19.4 Å². The lowest BCUT2D eigenvalue weighted by atomic mass is 10.0. The van der Waals surface area contributed by atoms with Gasteiger partial charge in [-0.1, -0.05) is 114 Å². The highest BCUT2D eigenvalue weighted by atomic mass is 16.2. The summed E-state index contributed by atoms with van der Waals surface area (Å²) in [7, 11) is 0. The van der Waals surface area contributed by atoms with Gasteiger partial charge in [0, 0.05) is 19.4 Å². The van der Waals surface area contributed by atoms with Crippen LogP contribution in [0.5, 0.6) is 0 Å². The number of hydrogen-bond donors (Lipinski definition) is 0. The van der Waals surface area contributed by atoms with Crippen LogP contribution in [0.15, 0.2) is 36.5 Å². The van der Waals surface area contributed by atoms with E-state index in [1.807, 2.05) is 0 Å². The van der Waals surface area contributed by atoms with Gasteiger partial charge in [0.2, 0.25) is 11.8 Å². The highest BCUT2D eigenvalue weighted by molar-refractivity contribution is 5.96. The average molecular weight is 514 g/mol. The van der Waals surface area contributed by atoms with Gasteiger partial charge in [0.1, 0.15) is 0 Å². The van der Waals surface area contributed by atoms with Crippen LogP contribution in [0.25, 0.3) is 0 Å². The number of likely N-dealkylation sites (tertiary alicyclic amines) is 1. The summed E-state index contributed by atoms with van der Waals surface area (Å²) in [6, 6.07) is 0. The average Bonchev–Trinajstić information content (AvgIpc) is 3.34. The topological polar surface area (TPSA) is 37.4 Å². The molecule has 37 heavy (non-hydrogen) atoms. The van der Waals surface area contributed by atoms with Gasteiger partial charge in [0.05, 0.1) is 0 Å². The fourth-order valence-electron chi connectivity index (χ4n) is 4.95. The van der Waals surface area contributed by atoms with Gasteiger partial charge in [-0.2, -0.15) is 0 Å². The number of allylic oxidation sites excluding steroid dienone is 6. The van der Waals surface area contributed by atoms with Crippen molar-refractivity contribution in [1.82, 2.24) is 4.90 Å². The minimum absolute atomic E-state index is 0.00990. The summed E-state index contributed by atoms with van der Waals surface area (Å²) < 4.78 is 0. The molecule has 2 amide bonds. The highest BCUT2D eigenvalue weighted by Crippen LogP contribution is 2.14. The van der Waals surface area contributed by atoms with Crippen LogP contribution in [-0.2, 0) is 9.59 Å². The molecule has 3 nitrogen and oxygen atoms in total. The molecule has 0 N–H and O–H groups in total. The van der Waals surface area contributed by atoms with Crippen LogP contribution in [0.2, 0.25) is 0 Å². The Labute approximate surface area is 230 Å². The van der Waals surface area contributed by atoms with E-state index >= 15 is 0 Å². The summed E-state index contributed by atoms with van der Waals surface area (Å²) in [4.78, 5) is 25.0. The summed E-state index contributed by atoms with van der Waals surface area (Å²) in [6.45, 7) is 2.90. The molecule has 1 fully saturated rings. The Morgan fingerprint density at radius 1 is 0.595 bits per heavy atom. The molecule has 0 aromatic carbocycles. The molecule has 1 aliphatic heterocycles. The van der Waals surface area contributed by atoms with Crippen LogP contribution in [-0.4, -0.2) is 23.3 Å². The van der Waals surface area contributed by atoms with E-state index in [0.717, 1.165) is 32.1 Å². The van der Waals surface area contributed by atoms with E-state index < -0.39 is 0 Å². The first kappa shape index (κ1) is 33.4. The molecular weight excluding hydrogens is 454 g/mol. The first-order chi connectivity index (χ1) is 18.3. The maximum atomic E-state index is 12.0. The Kier molecular flexibility index (Phi) is 23.4. The third-order valence-electron chi connectivity index (χ3n) is 7.35. The molecule has 212 valence electrons. The second-order valence-electron chi connectivity index (χ2n) is 10.9. The first-order valence-electron chi connectivity index (χ1n) is 16.0. The maximum Gasteiger partial charge on any atom is 0.229 e. The Morgan fingerprint density at radius 2 is 1.00 bits per heavy atom. The molecule has 0 aromatic heterocycles. The molecule has 0 unspecified atom stereocenters. The quantitative estimate of drug-likeness (QED) is 0.0899. The zero-order valence-corrected chi connectivity index (χ0v) is 24.4. The van der Waals surface area contributed by atoms with Gasteiger partial charge in [-0.3, -0.25) is 14.5 Å². The van der Waals surface area contributed by atoms with Crippen LogP contribution in [0.1, 0.15) is 161 Å². The van der Waals surface area contributed by atoms with Crippen molar-refractivity contribution >= 4 is 11.8 Å². The summed E-state index contributed by atoms with van der Waals surface area (Å²) in [6.07, 6.45) is 43.0. The Bertz CT molecular complexity index is 634. The summed E-state index contributed by atoms with van der Waals surface area (Å²) >= 11 is 0. The predicted octanol–water partition coefficient (Wildman–Crippen LogP) is 10.4. The Morgan fingerprint density at radius 3 is 1.43 bits per heavy atom. The molecule has 0 saturated carbocycles. The highest BCUT2D eigenvalue weighted by Gasteiger charge is 2.25. The number of carbonyl (C=O) groups is 2. The monoisotopic (exact) mass is 513 g/mol. The molecule has 0 aromatic rings. The lowest BCUT2D eigenvalue weighted by molar-refractivity contribution is -0.141. The number of hydrogen-bond acceptors (Lipinski definition) is 2. The number of unbranched alkanes of at least 4 members (excludes halogenated alkanes) is 17. The molecule has 1 heterocycles. The van der Waals surface area contributed by atoms with Gasteiger partial charge in [-0.05, 0) is 70.6 Å². The third-order valence-corrected chi connectivity index (χ3v) is 7.35. The van der Waals surface area contributed by atoms with Crippen molar-refractivity contribution in [2.75, 3.05) is 6.54 Å². The van der Waals surface area contributed by atoms with Crippen molar-refractivity contribution in [1.29, 1.82) is 0 Å². The van der Waals surface area contributed by atoms with E-state index in [2.05, 4.69) is 43.4 Å². The largest absolute Gasteiger partial charge is 0.283 e. The number of carbonyl (C=O) groups excluding carboxylic acids is 2. The SMILES string of the molecule is CCCCCCC=CCCCCCCCCCCCCC=CCCC=CCCCC(=O)N1CCCC1=O. The van der Waals surface area contributed by atoms with Crippen LogP contribution < -0.4 is 0 Å². The first-order valence-corrected chi connectivity index (χ1v) is 16.0. The van der Waals surface area contributed by atoms with Crippen LogP contribution in [0.4, 0.5) is 0 Å². The number of amides is 2. The van der Waals surface area contributed by atoms with E-state index in [1.54, 1.807) is 0 Å². The van der Waals surface area contributed by atoms with Gasteiger partial charge in [0.15, 0.2) is 0 Å². The smallest absolute Gasteiger partial charge is 0.229 e. The minimum Gasteiger partial charge on any atom is -0.283 e. The van der Waals surface area contributed by atoms with Crippen molar-refractivity contribution < 1.29 is 9.59 Å². The van der Waals surface area contributed by atoms with Crippen molar-refractivity contribution in [2.45, 2.75) is 161 Å². The second-order valence-corrected chi connectivity index (χ2v) is 10.9. The van der Waals surface area contributed by atoms with Crippen molar-refractivity contribution in [3.8, 4) is 0 Å². The lowest BCUT2D eigenvalue weighted by Gasteiger charge is -2.12. The van der Waals surface area contributed by atoms with Crippen LogP contribution in [0, 0.1) is 0 Å². The summed E-state index contributed by atoms with van der Waals surface area (Å²) in [5.74, 6) is 0.0205. The Balaban J connectivity index is 1.75. The molecule has 0 bridgehead atoms. The molecule has 1 rings (SSSR count). The molecule has 0 atom stereocenters. The van der Waals surface area contributed by atoms with E-state index in [4.69, 9.17) is 0 Å². The zero-order valence-electron chi connectivity index (χ0n) is 24.4. The van der Waals surface area contributed by atoms with Crippen LogP contribution in [0.3, 0.4) is 0 Å². The molecule has 1 saturated heterocycles. The van der Waals surface area contributed by atoms with Gasteiger partial charge in [-0.15, -0.1) is 0 Å². The summed E-state index contributed by atoms with van der Waals surface area (Å²) in [5.41, 5.74) is 0. The van der Waals surface area contributed by atoms with Crippen molar-refractivity contribution in [2.24, 2.45) is 0 Å². The zero-order chi connectivity index (χ0) is 26.7. The molecule has 0 aliphatic carbocycles. The number of imide groups is 1. The van der Waals surface area contributed by atoms with E-state index in [-0.39, 0.29) is 11.8 Å². The Hall–Kier alpha value is -1.64. The van der Waals surface area contributed by atoms with Gasteiger partial charge < -0.3 is 0 Å². The lowest BCUT2D eigenvalue weighted by Crippen LogP contribution is -2.31. The molecule has 0 spiro atoms. The maximum absolute atomic E-state index is 12.0. The fraction of sp³-hybridized carbons (Fsp3) is 0.765. The number of rotatable bonds is 25. The second kappa shape index (κ2) is 26.0. The van der Waals surface area contributed by atoms with Crippen molar-refractivity contribution in [3.63, 3.8) is 0 Å².